The van der Waals surface area contributed by atoms with Crippen LogP contribution >= 0.6 is 0 Å². The van der Waals surface area contributed by atoms with Gasteiger partial charge in [0, 0.05) is 12.6 Å². The average molecular weight is 228 g/mol. The van der Waals surface area contributed by atoms with Crippen molar-refractivity contribution < 1.29 is 10.2 Å². The molecule has 1 heterocycles. The molecule has 2 fully saturated rings. The number of rotatable bonds is 5. The van der Waals surface area contributed by atoms with Gasteiger partial charge in [0.25, 0.3) is 0 Å². The van der Waals surface area contributed by atoms with Gasteiger partial charge in [0.15, 0.2) is 0 Å². The zero-order chi connectivity index (χ0) is 11.6. The molecule has 1 spiro atoms. The SMILES string of the molecule is NC(CO)CCCN1CCC2(CC2)C(O)C1. The largest absolute Gasteiger partial charge is 0.395 e. The summed E-state index contributed by atoms with van der Waals surface area (Å²) in [6.07, 6.45) is 5.36. The molecule has 2 rings (SSSR count). The summed E-state index contributed by atoms with van der Waals surface area (Å²) in [6, 6.07) is -0.0792. The molecule has 4 nitrogen and oxygen atoms in total. The Balaban J connectivity index is 1.64. The number of aliphatic hydroxyl groups is 2. The van der Waals surface area contributed by atoms with E-state index in [-0.39, 0.29) is 18.8 Å². The molecular weight excluding hydrogens is 204 g/mol. The zero-order valence-corrected chi connectivity index (χ0v) is 9.94. The molecule has 2 unspecified atom stereocenters. The van der Waals surface area contributed by atoms with Crippen LogP contribution in [0.25, 0.3) is 0 Å². The van der Waals surface area contributed by atoms with E-state index in [4.69, 9.17) is 10.8 Å². The number of β-amino-alcohol motifs (C(OH)–C–C–N with tert-alkyl or cyclic N) is 1. The van der Waals surface area contributed by atoms with Crippen molar-refractivity contribution in [1.29, 1.82) is 0 Å². The van der Waals surface area contributed by atoms with Crippen molar-refractivity contribution in [2.24, 2.45) is 11.1 Å². The van der Waals surface area contributed by atoms with Crippen LogP contribution in [0.15, 0.2) is 0 Å². The second-order valence-corrected chi connectivity index (χ2v) is 5.51. The topological polar surface area (TPSA) is 69.7 Å². The number of nitrogens with two attached hydrogens (primary N) is 1. The fourth-order valence-electron chi connectivity index (χ4n) is 2.69. The van der Waals surface area contributed by atoms with E-state index < -0.39 is 0 Å². The molecule has 4 heteroatoms. The Morgan fingerprint density at radius 1 is 1.38 bits per heavy atom. The number of aliphatic hydroxyl groups excluding tert-OH is 2. The van der Waals surface area contributed by atoms with E-state index in [0.29, 0.717) is 5.41 Å². The van der Waals surface area contributed by atoms with Gasteiger partial charge < -0.3 is 20.8 Å². The maximum Gasteiger partial charge on any atom is 0.0723 e. The van der Waals surface area contributed by atoms with Crippen molar-refractivity contribution in [3.63, 3.8) is 0 Å². The van der Waals surface area contributed by atoms with E-state index in [9.17, 15) is 5.11 Å². The number of nitrogens with zero attached hydrogens (tertiary/aromatic N) is 1. The summed E-state index contributed by atoms with van der Waals surface area (Å²) in [5.41, 5.74) is 5.95. The fraction of sp³-hybridized carbons (Fsp3) is 1.00. The first-order valence-corrected chi connectivity index (χ1v) is 6.43. The standard InChI is InChI=1S/C12H24N2O2/c13-10(9-15)2-1-6-14-7-5-12(3-4-12)11(16)8-14/h10-11,15-16H,1-9,13H2. The van der Waals surface area contributed by atoms with Gasteiger partial charge in [-0.1, -0.05) is 0 Å². The minimum atomic E-state index is -0.118. The van der Waals surface area contributed by atoms with Crippen molar-refractivity contribution in [2.75, 3.05) is 26.2 Å². The molecule has 1 aliphatic heterocycles. The number of piperidine rings is 1. The number of likely N-dealkylation sites (tertiary alicyclic amines) is 1. The number of hydrogen-bond donors (Lipinski definition) is 3. The highest BCUT2D eigenvalue weighted by molar-refractivity contribution is 5.02. The maximum atomic E-state index is 10.0. The van der Waals surface area contributed by atoms with Gasteiger partial charge in [-0.2, -0.15) is 0 Å². The Bertz CT molecular complexity index is 231. The molecule has 0 aromatic carbocycles. The van der Waals surface area contributed by atoms with E-state index in [0.717, 1.165) is 38.9 Å². The van der Waals surface area contributed by atoms with Crippen molar-refractivity contribution in [3.05, 3.63) is 0 Å². The van der Waals surface area contributed by atoms with Gasteiger partial charge >= 0.3 is 0 Å². The van der Waals surface area contributed by atoms with Crippen molar-refractivity contribution in [2.45, 2.75) is 44.2 Å². The first kappa shape index (κ1) is 12.3. The monoisotopic (exact) mass is 228 g/mol. The lowest BCUT2D eigenvalue weighted by Crippen LogP contribution is -2.45. The molecule has 1 saturated carbocycles. The minimum absolute atomic E-state index is 0.0751. The Morgan fingerprint density at radius 2 is 2.12 bits per heavy atom. The van der Waals surface area contributed by atoms with Gasteiger partial charge in [0.2, 0.25) is 0 Å². The predicted octanol–water partition coefficient (Wildman–Crippen LogP) is -0.0670. The third kappa shape index (κ3) is 2.74. The molecule has 1 saturated heterocycles. The van der Waals surface area contributed by atoms with Crippen LogP contribution in [0.2, 0.25) is 0 Å². The second kappa shape index (κ2) is 5.00. The second-order valence-electron chi connectivity index (χ2n) is 5.51. The van der Waals surface area contributed by atoms with Gasteiger partial charge in [0.1, 0.15) is 0 Å². The van der Waals surface area contributed by atoms with Crippen molar-refractivity contribution in [1.82, 2.24) is 4.90 Å². The molecule has 2 aliphatic rings. The molecule has 16 heavy (non-hydrogen) atoms. The van der Waals surface area contributed by atoms with Crippen LogP contribution in [-0.2, 0) is 0 Å². The Hall–Kier alpha value is -0.160. The molecular formula is C12H24N2O2. The quantitative estimate of drug-likeness (QED) is 0.616. The van der Waals surface area contributed by atoms with E-state index in [2.05, 4.69) is 4.90 Å². The van der Waals surface area contributed by atoms with Crippen LogP contribution in [-0.4, -0.2) is 53.5 Å². The van der Waals surface area contributed by atoms with Crippen molar-refractivity contribution >= 4 is 0 Å². The van der Waals surface area contributed by atoms with Gasteiger partial charge in [-0.05, 0) is 50.6 Å². The van der Waals surface area contributed by atoms with Crippen molar-refractivity contribution in [3.8, 4) is 0 Å². The highest BCUT2D eigenvalue weighted by Gasteiger charge is 2.50. The third-order valence-corrected chi connectivity index (χ3v) is 4.24. The molecule has 0 aromatic rings. The van der Waals surface area contributed by atoms with Gasteiger partial charge in [0.05, 0.1) is 12.7 Å². The molecule has 0 bridgehead atoms. The molecule has 2 atom stereocenters. The molecule has 0 radical (unpaired) electrons. The summed E-state index contributed by atoms with van der Waals surface area (Å²) >= 11 is 0. The maximum absolute atomic E-state index is 10.0. The summed E-state index contributed by atoms with van der Waals surface area (Å²) in [6.45, 7) is 3.02. The van der Waals surface area contributed by atoms with Crippen LogP contribution < -0.4 is 5.73 Å². The Morgan fingerprint density at radius 3 is 2.69 bits per heavy atom. The zero-order valence-electron chi connectivity index (χ0n) is 9.94. The smallest absolute Gasteiger partial charge is 0.0723 e. The Kier molecular flexibility index (Phi) is 3.85. The summed E-state index contributed by atoms with van der Waals surface area (Å²) in [5, 5.41) is 18.8. The lowest BCUT2D eigenvalue weighted by molar-refractivity contribution is 0.00786. The molecule has 1 aliphatic carbocycles. The first-order chi connectivity index (χ1) is 7.66. The Labute approximate surface area is 97.4 Å². The van der Waals surface area contributed by atoms with Crippen LogP contribution in [0.4, 0.5) is 0 Å². The van der Waals surface area contributed by atoms with Crippen LogP contribution in [0, 0.1) is 5.41 Å². The highest BCUT2D eigenvalue weighted by Crippen LogP contribution is 2.53. The number of hydrogen-bond acceptors (Lipinski definition) is 4. The fourth-order valence-corrected chi connectivity index (χ4v) is 2.69. The van der Waals surface area contributed by atoms with Gasteiger partial charge in [-0.15, -0.1) is 0 Å². The third-order valence-electron chi connectivity index (χ3n) is 4.24. The predicted molar refractivity (Wildman–Crippen MR) is 63.0 cm³/mol. The van der Waals surface area contributed by atoms with Crippen LogP contribution in [0.5, 0.6) is 0 Å². The van der Waals surface area contributed by atoms with Crippen LogP contribution in [0.1, 0.15) is 32.1 Å². The average Bonchev–Trinajstić information content (AvgIpc) is 3.05. The molecule has 0 aromatic heterocycles. The van der Waals surface area contributed by atoms with E-state index in [1.165, 1.54) is 12.8 Å². The first-order valence-electron chi connectivity index (χ1n) is 6.43. The summed E-state index contributed by atoms with van der Waals surface area (Å²) in [4.78, 5) is 2.33. The molecule has 94 valence electrons. The normalized spacial score (nSPS) is 30.6. The molecule has 4 N–H and O–H groups in total. The lowest BCUT2D eigenvalue weighted by atomic mass is 9.90. The molecule has 0 amide bonds. The van der Waals surface area contributed by atoms with E-state index in [1.807, 2.05) is 0 Å². The van der Waals surface area contributed by atoms with Gasteiger partial charge in [-0.25, -0.2) is 0 Å². The van der Waals surface area contributed by atoms with E-state index in [1.54, 1.807) is 0 Å². The minimum Gasteiger partial charge on any atom is -0.395 e. The van der Waals surface area contributed by atoms with Gasteiger partial charge in [-0.3, -0.25) is 0 Å². The summed E-state index contributed by atoms with van der Waals surface area (Å²) in [5.74, 6) is 0. The summed E-state index contributed by atoms with van der Waals surface area (Å²) < 4.78 is 0. The highest BCUT2D eigenvalue weighted by atomic mass is 16.3. The van der Waals surface area contributed by atoms with Crippen LogP contribution in [0.3, 0.4) is 0 Å². The summed E-state index contributed by atoms with van der Waals surface area (Å²) in [7, 11) is 0. The lowest BCUT2D eigenvalue weighted by Gasteiger charge is -2.36. The van der Waals surface area contributed by atoms with E-state index >= 15 is 0 Å².